The molecular formula is C27H34N6O2S. The first-order valence-electron chi connectivity index (χ1n) is 12.1. The van der Waals surface area contributed by atoms with Crippen molar-refractivity contribution in [2.24, 2.45) is 11.6 Å². The van der Waals surface area contributed by atoms with Gasteiger partial charge in [-0.05, 0) is 78.7 Å². The highest BCUT2D eigenvalue weighted by Gasteiger charge is 2.23. The van der Waals surface area contributed by atoms with Crippen molar-refractivity contribution in [3.05, 3.63) is 76.5 Å². The number of ether oxygens (including phenoxy) is 1. The minimum Gasteiger partial charge on any atom is -0.475 e. The van der Waals surface area contributed by atoms with Crippen LogP contribution in [0.3, 0.4) is 0 Å². The highest BCUT2D eigenvalue weighted by Crippen LogP contribution is 2.38. The maximum Gasteiger partial charge on any atom is 0.228 e. The van der Waals surface area contributed by atoms with Gasteiger partial charge in [-0.3, -0.25) is 4.79 Å². The van der Waals surface area contributed by atoms with Crippen LogP contribution in [0.1, 0.15) is 47.1 Å². The van der Waals surface area contributed by atoms with Crippen LogP contribution in [0, 0.1) is 13.8 Å². The Labute approximate surface area is 216 Å². The van der Waals surface area contributed by atoms with E-state index in [1.165, 1.54) is 11.1 Å². The molecule has 0 saturated heterocycles. The summed E-state index contributed by atoms with van der Waals surface area (Å²) in [6.07, 6.45) is 1.93. The predicted octanol–water partition coefficient (Wildman–Crippen LogP) is 3.89. The van der Waals surface area contributed by atoms with Gasteiger partial charge in [-0.1, -0.05) is 24.3 Å². The Kier molecular flexibility index (Phi) is 8.03. The number of carbonyl (C=O) groups excluding carboxylic acids is 1. The number of benzene rings is 2. The molecular weight excluding hydrogens is 472 g/mol. The van der Waals surface area contributed by atoms with Gasteiger partial charge < -0.3 is 21.2 Å². The standard InChI is InChI=1S/C27H34N6O2S/c1-4-33(30)23-10-9-21(18(3)26(23)29)22(15-25(28)34)19-8-7-17(2)20(14-19)16-32-12-13-35-27-24(36-32)6-5-11-31-27/h5-11,14,22H,4,12-13,15-16,29-30H2,1-3H3,(H2,28,34). The van der Waals surface area contributed by atoms with E-state index in [2.05, 4.69) is 34.4 Å². The van der Waals surface area contributed by atoms with E-state index in [1.807, 2.05) is 38.1 Å². The van der Waals surface area contributed by atoms with E-state index in [0.717, 1.165) is 40.4 Å². The van der Waals surface area contributed by atoms with Gasteiger partial charge in [-0.2, -0.15) is 0 Å². The summed E-state index contributed by atoms with van der Waals surface area (Å²) in [7, 11) is 0. The number of nitrogen functional groups attached to an aromatic ring is 1. The minimum absolute atomic E-state index is 0.188. The van der Waals surface area contributed by atoms with Crippen LogP contribution in [-0.4, -0.2) is 34.9 Å². The van der Waals surface area contributed by atoms with E-state index in [0.29, 0.717) is 24.7 Å². The fourth-order valence-corrected chi connectivity index (χ4v) is 5.48. The van der Waals surface area contributed by atoms with E-state index >= 15 is 0 Å². The van der Waals surface area contributed by atoms with Gasteiger partial charge in [0, 0.05) is 38.2 Å². The Balaban J connectivity index is 1.67. The smallest absolute Gasteiger partial charge is 0.228 e. The van der Waals surface area contributed by atoms with Gasteiger partial charge in [0.05, 0.1) is 16.3 Å². The molecule has 2 aromatic carbocycles. The highest BCUT2D eigenvalue weighted by atomic mass is 32.2. The van der Waals surface area contributed by atoms with Crippen LogP contribution >= 0.6 is 11.9 Å². The lowest BCUT2D eigenvalue weighted by atomic mass is 9.84. The molecule has 2 heterocycles. The largest absolute Gasteiger partial charge is 0.475 e. The molecule has 36 heavy (non-hydrogen) atoms. The number of nitrogens with two attached hydrogens (primary N) is 3. The predicted molar refractivity (Wildman–Crippen MR) is 146 cm³/mol. The summed E-state index contributed by atoms with van der Waals surface area (Å²) < 4.78 is 8.10. The average Bonchev–Trinajstić information content (AvgIpc) is 3.07. The second-order valence-electron chi connectivity index (χ2n) is 9.02. The molecule has 9 heteroatoms. The molecule has 3 aromatic rings. The molecule has 1 aromatic heterocycles. The Morgan fingerprint density at radius 3 is 2.81 bits per heavy atom. The number of carbonyl (C=O) groups is 1. The Hall–Kier alpha value is -3.27. The molecule has 0 aliphatic carbocycles. The molecule has 6 N–H and O–H groups in total. The fourth-order valence-electron chi connectivity index (χ4n) is 4.50. The number of nitrogens with zero attached hydrogens (tertiary/aromatic N) is 3. The van der Waals surface area contributed by atoms with Crippen molar-refractivity contribution in [2.45, 2.75) is 44.6 Å². The van der Waals surface area contributed by atoms with Crippen molar-refractivity contribution in [3.63, 3.8) is 0 Å². The van der Waals surface area contributed by atoms with E-state index in [9.17, 15) is 4.79 Å². The molecule has 190 valence electrons. The summed E-state index contributed by atoms with van der Waals surface area (Å²) in [5.41, 5.74) is 18.9. The number of hydrazine groups is 1. The topological polar surface area (TPSA) is 124 Å². The van der Waals surface area contributed by atoms with Crippen LogP contribution in [0.25, 0.3) is 0 Å². The van der Waals surface area contributed by atoms with Gasteiger partial charge in [-0.25, -0.2) is 15.1 Å². The normalized spacial score (nSPS) is 14.4. The lowest BCUT2D eigenvalue weighted by molar-refractivity contribution is -0.118. The van der Waals surface area contributed by atoms with Crippen molar-refractivity contribution < 1.29 is 9.53 Å². The summed E-state index contributed by atoms with van der Waals surface area (Å²) in [6, 6.07) is 14.2. The summed E-state index contributed by atoms with van der Waals surface area (Å²) in [4.78, 5) is 17.5. The molecule has 1 unspecified atom stereocenters. The monoisotopic (exact) mass is 506 g/mol. The number of rotatable bonds is 8. The van der Waals surface area contributed by atoms with E-state index in [-0.39, 0.29) is 18.2 Å². The number of primary amides is 1. The zero-order valence-electron chi connectivity index (χ0n) is 21.0. The molecule has 1 aliphatic rings. The molecule has 0 radical (unpaired) electrons. The summed E-state index contributed by atoms with van der Waals surface area (Å²) in [5, 5.41) is 1.62. The first-order chi connectivity index (χ1) is 17.3. The molecule has 1 amide bonds. The van der Waals surface area contributed by atoms with E-state index in [4.69, 9.17) is 22.0 Å². The third-order valence-electron chi connectivity index (χ3n) is 6.63. The van der Waals surface area contributed by atoms with Crippen LogP contribution in [0.4, 0.5) is 11.4 Å². The number of anilines is 2. The second kappa shape index (κ2) is 11.2. The van der Waals surface area contributed by atoms with Gasteiger partial charge in [0.1, 0.15) is 6.61 Å². The van der Waals surface area contributed by atoms with Gasteiger partial charge in [-0.15, -0.1) is 0 Å². The lowest BCUT2D eigenvalue weighted by Gasteiger charge is -2.25. The van der Waals surface area contributed by atoms with Crippen molar-refractivity contribution in [1.29, 1.82) is 0 Å². The van der Waals surface area contributed by atoms with E-state index in [1.54, 1.807) is 23.2 Å². The molecule has 4 rings (SSSR count). The van der Waals surface area contributed by atoms with Crippen molar-refractivity contribution in [1.82, 2.24) is 9.29 Å². The maximum atomic E-state index is 12.1. The van der Waals surface area contributed by atoms with Gasteiger partial charge in [0.2, 0.25) is 11.8 Å². The molecule has 0 saturated carbocycles. The van der Waals surface area contributed by atoms with Crippen molar-refractivity contribution in [3.8, 4) is 5.88 Å². The summed E-state index contributed by atoms with van der Waals surface area (Å²) in [6.45, 7) is 8.74. The number of aryl methyl sites for hydroxylation is 1. The zero-order chi connectivity index (χ0) is 25.8. The second-order valence-corrected chi connectivity index (χ2v) is 10.2. The third kappa shape index (κ3) is 5.59. The minimum atomic E-state index is -0.359. The summed E-state index contributed by atoms with van der Waals surface area (Å²) in [5.74, 6) is 6.21. The molecule has 0 bridgehead atoms. The Morgan fingerprint density at radius 2 is 2.06 bits per heavy atom. The van der Waals surface area contributed by atoms with Crippen LogP contribution < -0.4 is 27.1 Å². The zero-order valence-corrected chi connectivity index (χ0v) is 21.8. The fraction of sp³-hybridized carbons (Fsp3) is 0.333. The number of hydrogen-bond acceptors (Lipinski definition) is 8. The molecule has 8 nitrogen and oxygen atoms in total. The molecule has 1 aliphatic heterocycles. The quantitative estimate of drug-likeness (QED) is 0.182. The van der Waals surface area contributed by atoms with Crippen molar-refractivity contribution in [2.75, 3.05) is 30.4 Å². The molecule has 1 atom stereocenters. The van der Waals surface area contributed by atoms with E-state index < -0.39 is 0 Å². The Morgan fingerprint density at radius 1 is 1.25 bits per heavy atom. The number of amides is 1. The SMILES string of the molecule is CCN(N)c1ccc(C(CC(N)=O)c2ccc(C)c(CN3CCOc4ncccc4S3)c2)c(C)c1N. The Bertz CT molecular complexity index is 1250. The van der Waals surface area contributed by atoms with Gasteiger partial charge >= 0.3 is 0 Å². The van der Waals surface area contributed by atoms with Crippen LogP contribution in [0.2, 0.25) is 0 Å². The van der Waals surface area contributed by atoms with Crippen LogP contribution in [0.5, 0.6) is 5.88 Å². The lowest BCUT2D eigenvalue weighted by Crippen LogP contribution is -2.31. The molecule has 0 fully saturated rings. The number of hydrogen-bond donors (Lipinski definition) is 3. The number of pyridine rings is 1. The highest BCUT2D eigenvalue weighted by molar-refractivity contribution is 7.97. The number of aromatic nitrogens is 1. The first kappa shape index (κ1) is 25.8. The first-order valence-corrected chi connectivity index (χ1v) is 12.9. The van der Waals surface area contributed by atoms with Crippen LogP contribution in [0.15, 0.2) is 53.6 Å². The molecule has 0 spiro atoms. The van der Waals surface area contributed by atoms with Crippen molar-refractivity contribution >= 4 is 29.2 Å². The maximum absolute atomic E-state index is 12.1. The summed E-state index contributed by atoms with van der Waals surface area (Å²) >= 11 is 1.65. The third-order valence-corrected chi connectivity index (χ3v) is 7.71. The van der Waals surface area contributed by atoms with Gasteiger partial charge in [0.25, 0.3) is 0 Å². The number of fused-ring (bicyclic) bond motifs is 1. The van der Waals surface area contributed by atoms with Gasteiger partial charge in [0.15, 0.2) is 0 Å². The average molecular weight is 507 g/mol. The van der Waals surface area contributed by atoms with Crippen LogP contribution in [-0.2, 0) is 11.3 Å².